The molecule has 0 saturated heterocycles. The highest BCUT2D eigenvalue weighted by molar-refractivity contribution is 5.67. The Kier molecular flexibility index (Phi) is 6.27. The molecule has 0 bridgehead atoms. The first kappa shape index (κ1) is 20.1. The van der Waals surface area contributed by atoms with Crippen LogP contribution in [-0.2, 0) is 11.0 Å². The summed E-state index contributed by atoms with van der Waals surface area (Å²) in [7, 11) is 0. The number of nitrogens with zero attached hydrogens (tertiary/aromatic N) is 3. The molecule has 6 nitrogen and oxygen atoms in total. The van der Waals surface area contributed by atoms with Crippen molar-refractivity contribution in [2.24, 2.45) is 0 Å². The number of pyridine rings is 2. The van der Waals surface area contributed by atoms with Crippen molar-refractivity contribution in [2.45, 2.75) is 26.4 Å². The molecule has 3 rings (SSSR count). The Morgan fingerprint density at radius 1 is 1.15 bits per heavy atom. The zero-order valence-corrected chi connectivity index (χ0v) is 14.6. The van der Waals surface area contributed by atoms with Crippen LogP contribution in [0, 0.1) is 6.92 Å². The largest absolute Gasteiger partial charge is 0.481 e. The van der Waals surface area contributed by atoms with Gasteiger partial charge >= 0.3 is 12.1 Å². The van der Waals surface area contributed by atoms with E-state index in [0.29, 0.717) is 5.69 Å². The van der Waals surface area contributed by atoms with Crippen LogP contribution >= 0.6 is 0 Å². The van der Waals surface area contributed by atoms with Gasteiger partial charge in [0, 0.05) is 36.1 Å². The maximum atomic E-state index is 12.5. The number of carboxylic acid groups (broad SMARTS) is 1. The minimum absolute atomic E-state index is 0.0850. The molecule has 2 N–H and O–H groups in total. The Balaban J connectivity index is 0.000000465. The summed E-state index contributed by atoms with van der Waals surface area (Å²) < 4.78 is 37.6. The lowest BCUT2D eigenvalue weighted by Gasteiger charge is -2.05. The monoisotopic (exact) mass is 378 g/mol. The van der Waals surface area contributed by atoms with Crippen molar-refractivity contribution >= 4 is 5.97 Å². The number of nitrogens with one attached hydrogen (secondary N) is 1. The number of hydrogen-bond acceptors (Lipinski definition) is 4. The second-order valence-corrected chi connectivity index (χ2v) is 5.51. The molecule has 0 spiro atoms. The van der Waals surface area contributed by atoms with Gasteiger partial charge in [0.25, 0.3) is 0 Å². The van der Waals surface area contributed by atoms with Crippen LogP contribution in [0.1, 0.15) is 24.6 Å². The first-order chi connectivity index (χ1) is 12.7. The van der Waals surface area contributed by atoms with Crippen LogP contribution in [0.25, 0.3) is 22.6 Å². The lowest BCUT2D eigenvalue weighted by atomic mass is 10.1. The number of aromatic nitrogens is 4. The number of alkyl halides is 3. The van der Waals surface area contributed by atoms with Crippen LogP contribution in [0.2, 0.25) is 0 Å². The fraction of sp³-hybridized carbons (Fsp3) is 0.222. The molecule has 3 aromatic heterocycles. The van der Waals surface area contributed by atoms with E-state index >= 15 is 0 Å². The summed E-state index contributed by atoms with van der Waals surface area (Å²) in [5, 5.41) is 7.72. The van der Waals surface area contributed by atoms with Gasteiger partial charge in [-0.05, 0) is 24.6 Å². The average Bonchev–Trinajstić information content (AvgIpc) is 3.13. The molecule has 0 unspecified atom stereocenters. The van der Waals surface area contributed by atoms with Crippen molar-refractivity contribution in [3.8, 4) is 22.6 Å². The minimum Gasteiger partial charge on any atom is -0.481 e. The van der Waals surface area contributed by atoms with Crippen LogP contribution in [0.5, 0.6) is 0 Å². The number of aliphatic carboxylic acids is 1. The molecule has 0 radical (unpaired) electrons. The third-order valence-corrected chi connectivity index (χ3v) is 3.54. The topological polar surface area (TPSA) is 91.8 Å². The summed E-state index contributed by atoms with van der Waals surface area (Å²) in [5.41, 5.74) is 2.27. The van der Waals surface area contributed by atoms with Crippen molar-refractivity contribution in [1.29, 1.82) is 0 Å². The molecule has 142 valence electrons. The number of imidazole rings is 1. The number of rotatable bonds is 3. The maximum absolute atomic E-state index is 12.5. The van der Waals surface area contributed by atoms with E-state index < -0.39 is 17.8 Å². The predicted molar refractivity (Wildman–Crippen MR) is 92.7 cm³/mol. The highest BCUT2D eigenvalue weighted by Gasteiger charge is 2.33. The van der Waals surface area contributed by atoms with Crippen molar-refractivity contribution in [2.75, 3.05) is 0 Å². The van der Waals surface area contributed by atoms with E-state index in [1.54, 1.807) is 37.6 Å². The SMILES string of the molecule is CCC(=O)O.Cc1ccncc1-c1ccc(-c2ncc(C(F)(F)F)[nH]2)nc1. The fourth-order valence-corrected chi connectivity index (χ4v) is 2.05. The molecule has 0 fully saturated rings. The van der Waals surface area contributed by atoms with Gasteiger partial charge in [-0.15, -0.1) is 0 Å². The van der Waals surface area contributed by atoms with E-state index in [1.807, 2.05) is 13.0 Å². The Bertz CT molecular complexity index is 905. The number of carbonyl (C=O) groups is 1. The summed E-state index contributed by atoms with van der Waals surface area (Å²) in [6, 6.07) is 5.29. The molecule has 0 aromatic carbocycles. The number of carboxylic acids is 1. The molecule has 0 saturated carbocycles. The molecule has 0 atom stereocenters. The molecule has 0 aliphatic rings. The molecule has 0 aliphatic heterocycles. The van der Waals surface area contributed by atoms with E-state index in [2.05, 4.69) is 19.9 Å². The van der Waals surface area contributed by atoms with Crippen LogP contribution < -0.4 is 0 Å². The molecular formula is C18H17F3N4O2. The zero-order chi connectivity index (χ0) is 20.0. The number of H-pyrrole nitrogens is 1. The Labute approximate surface area is 153 Å². The summed E-state index contributed by atoms with van der Waals surface area (Å²) in [6.45, 7) is 3.55. The third kappa shape index (κ3) is 5.37. The zero-order valence-electron chi connectivity index (χ0n) is 14.6. The van der Waals surface area contributed by atoms with Gasteiger partial charge in [0.2, 0.25) is 0 Å². The van der Waals surface area contributed by atoms with E-state index in [9.17, 15) is 18.0 Å². The van der Waals surface area contributed by atoms with Crippen molar-refractivity contribution in [1.82, 2.24) is 19.9 Å². The van der Waals surface area contributed by atoms with E-state index in [0.717, 1.165) is 22.9 Å². The van der Waals surface area contributed by atoms with Crippen LogP contribution in [0.4, 0.5) is 13.2 Å². The Hall–Kier alpha value is -3.23. The number of halogens is 3. The fourth-order valence-electron chi connectivity index (χ4n) is 2.05. The van der Waals surface area contributed by atoms with Gasteiger partial charge in [0.15, 0.2) is 5.82 Å². The van der Waals surface area contributed by atoms with Gasteiger partial charge in [-0.2, -0.15) is 13.2 Å². The second-order valence-electron chi connectivity index (χ2n) is 5.51. The minimum atomic E-state index is -4.45. The van der Waals surface area contributed by atoms with Crippen LogP contribution in [-0.4, -0.2) is 31.0 Å². The molecular weight excluding hydrogens is 361 g/mol. The van der Waals surface area contributed by atoms with Gasteiger partial charge in [-0.25, -0.2) is 4.98 Å². The smallest absolute Gasteiger partial charge is 0.432 e. The third-order valence-electron chi connectivity index (χ3n) is 3.54. The molecule has 0 amide bonds. The van der Waals surface area contributed by atoms with Crippen LogP contribution in [0.3, 0.4) is 0 Å². The van der Waals surface area contributed by atoms with Gasteiger partial charge in [-0.3, -0.25) is 14.8 Å². The van der Waals surface area contributed by atoms with Gasteiger partial charge < -0.3 is 10.1 Å². The number of aryl methyl sites for hydroxylation is 1. The average molecular weight is 378 g/mol. The lowest BCUT2D eigenvalue weighted by molar-refractivity contribution is -0.141. The van der Waals surface area contributed by atoms with Gasteiger partial charge in [0.1, 0.15) is 11.4 Å². The Morgan fingerprint density at radius 3 is 2.33 bits per heavy atom. The van der Waals surface area contributed by atoms with E-state index in [1.165, 1.54) is 0 Å². The summed E-state index contributed by atoms with van der Waals surface area (Å²) in [4.78, 5) is 23.6. The summed E-state index contributed by atoms with van der Waals surface area (Å²) in [6.07, 6.45) is 1.55. The summed E-state index contributed by atoms with van der Waals surface area (Å²) >= 11 is 0. The quantitative estimate of drug-likeness (QED) is 0.707. The first-order valence-corrected chi connectivity index (χ1v) is 7.93. The summed E-state index contributed by atoms with van der Waals surface area (Å²) in [5.74, 6) is -0.660. The van der Waals surface area contributed by atoms with E-state index in [4.69, 9.17) is 5.11 Å². The molecule has 27 heavy (non-hydrogen) atoms. The standard InChI is InChI=1S/C15H11F3N4.C3H6O2/c1-9-4-5-19-7-11(9)10-2-3-12(20-6-10)14-21-8-13(22-14)15(16,17)18;1-2-3(4)5/h2-8H,1H3,(H,21,22);2H2,1H3,(H,4,5). The maximum Gasteiger partial charge on any atom is 0.432 e. The van der Waals surface area contributed by atoms with Gasteiger partial charge in [0.05, 0.1) is 6.20 Å². The van der Waals surface area contributed by atoms with E-state index in [-0.39, 0.29) is 12.2 Å². The van der Waals surface area contributed by atoms with Crippen LogP contribution in [0.15, 0.2) is 43.0 Å². The highest BCUT2D eigenvalue weighted by atomic mass is 19.4. The molecule has 3 heterocycles. The molecule has 3 aromatic rings. The van der Waals surface area contributed by atoms with Gasteiger partial charge in [-0.1, -0.05) is 13.0 Å². The van der Waals surface area contributed by atoms with Crippen molar-refractivity contribution in [3.63, 3.8) is 0 Å². The predicted octanol–water partition coefficient (Wildman–Crippen LogP) is 4.34. The normalized spacial score (nSPS) is 10.9. The highest BCUT2D eigenvalue weighted by Crippen LogP contribution is 2.29. The lowest BCUT2D eigenvalue weighted by Crippen LogP contribution is -2.04. The number of hydrogen-bond donors (Lipinski definition) is 2. The van der Waals surface area contributed by atoms with Crippen molar-refractivity contribution in [3.05, 3.63) is 54.2 Å². The first-order valence-electron chi connectivity index (χ1n) is 7.93. The second kappa shape index (κ2) is 8.43. The molecule has 0 aliphatic carbocycles. The molecule has 9 heteroatoms. The van der Waals surface area contributed by atoms with Crippen molar-refractivity contribution < 1.29 is 23.1 Å². The Morgan fingerprint density at radius 2 is 1.85 bits per heavy atom. The number of aromatic amines is 1.